The van der Waals surface area contributed by atoms with E-state index in [1.165, 1.54) is 6.07 Å². The van der Waals surface area contributed by atoms with E-state index in [1.54, 1.807) is 18.1 Å². The molecule has 1 heterocycles. The Bertz CT molecular complexity index is 559. The van der Waals surface area contributed by atoms with Gasteiger partial charge in [0.2, 0.25) is 5.91 Å². The number of nitrogens with zero attached hydrogens (tertiary/aromatic N) is 1. The number of hydrogen-bond acceptors (Lipinski definition) is 2. The van der Waals surface area contributed by atoms with Gasteiger partial charge in [-0.25, -0.2) is 0 Å². The molecule has 0 spiro atoms. The highest BCUT2D eigenvalue weighted by Crippen LogP contribution is 2.30. The highest BCUT2D eigenvalue weighted by molar-refractivity contribution is 5.78. The fraction of sp³-hybridized carbons (Fsp3) is 0.588. The van der Waals surface area contributed by atoms with Gasteiger partial charge < -0.3 is 9.64 Å². The highest BCUT2D eigenvalue weighted by atomic mass is 19.4. The van der Waals surface area contributed by atoms with E-state index in [4.69, 9.17) is 4.74 Å². The predicted octanol–water partition coefficient (Wildman–Crippen LogP) is 3.67. The predicted molar refractivity (Wildman–Crippen MR) is 81.0 cm³/mol. The maximum absolute atomic E-state index is 12.7. The van der Waals surface area contributed by atoms with Crippen molar-refractivity contribution in [3.05, 3.63) is 35.4 Å². The maximum atomic E-state index is 12.7. The Kier molecular flexibility index (Phi) is 5.34. The molecule has 3 nitrogen and oxygen atoms in total. The minimum atomic E-state index is -4.39. The van der Waals surface area contributed by atoms with E-state index >= 15 is 0 Å². The normalized spacial score (nSPS) is 22.7. The van der Waals surface area contributed by atoms with Gasteiger partial charge in [-0.05, 0) is 37.8 Å². The van der Waals surface area contributed by atoms with Gasteiger partial charge in [0.05, 0.1) is 17.6 Å². The van der Waals surface area contributed by atoms with Crippen molar-refractivity contribution in [1.82, 2.24) is 4.90 Å². The van der Waals surface area contributed by atoms with Gasteiger partial charge in [-0.3, -0.25) is 4.79 Å². The molecule has 0 aromatic heterocycles. The van der Waals surface area contributed by atoms with Crippen molar-refractivity contribution >= 4 is 5.91 Å². The first-order chi connectivity index (χ1) is 10.7. The molecule has 1 atom stereocenters. The maximum Gasteiger partial charge on any atom is 0.416 e. The SMILES string of the molecule is CO[C@@]1(C)CCCN(C(=O)Cc2cccc(C(F)(F)F)c2)CC1. The van der Waals surface area contributed by atoms with Crippen molar-refractivity contribution < 1.29 is 22.7 Å². The second-order valence-corrected chi connectivity index (χ2v) is 6.26. The summed E-state index contributed by atoms with van der Waals surface area (Å²) in [5.74, 6) is -0.135. The number of rotatable bonds is 3. The summed E-state index contributed by atoms with van der Waals surface area (Å²) < 4.78 is 43.7. The smallest absolute Gasteiger partial charge is 0.378 e. The molecule has 0 bridgehead atoms. The van der Waals surface area contributed by atoms with Crippen molar-refractivity contribution in [3.8, 4) is 0 Å². The van der Waals surface area contributed by atoms with Crippen molar-refractivity contribution in [3.63, 3.8) is 0 Å². The van der Waals surface area contributed by atoms with E-state index in [9.17, 15) is 18.0 Å². The van der Waals surface area contributed by atoms with Crippen LogP contribution in [0.4, 0.5) is 13.2 Å². The number of hydrogen-bond donors (Lipinski definition) is 0. The molecular weight excluding hydrogens is 307 g/mol. The van der Waals surface area contributed by atoms with Crippen LogP contribution in [0.5, 0.6) is 0 Å². The number of halogens is 3. The van der Waals surface area contributed by atoms with Crippen LogP contribution in [0.1, 0.15) is 37.3 Å². The summed E-state index contributed by atoms with van der Waals surface area (Å²) in [6.07, 6.45) is -1.96. The Morgan fingerprint density at radius 3 is 2.70 bits per heavy atom. The standard InChI is InChI=1S/C17H22F3NO2/c1-16(23-2)7-4-9-21(10-8-16)15(22)12-13-5-3-6-14(11-13)17(18,19)20/h3,5-6,11H,4,7-10,12H2,1-2H3/t16-/m0/s1. The van der Waals surface area contributed by atoms with Crippen LogP contribution in [0, 0.1) is 0 Å². The Labute approximate surface area is 134 Å². The van der Waals surface area contributed by atoms with Crippen molar-refractivity contribution in [2.45, 2.75) is 44.4 Å². The van der Waals surface area contributed by atoms with Crippen LogP contribution in [-0.4, -0.2) is 36.6 Å². The van der Waals surface area contributed by atoms with Gasteiger partial charge in [0.25, 0.3) is 0 Å². The number of carbonyl (C=O) groups is 1. The largest absolute Gasteiger partial charge is 0.416 e. The lowest BCUT2D eigenvalue weighted by atomic mass is 9.97. The van der Waals surface area contributed by atoms with Crippen LogP contribution in [-0.2, 0) is 22.1 Å². The van der Waals surface area contributed by atoms with Crippen LogP contribution >= 0.6 is 0 Å². The van der Waals surface area contributed by atoms with Gasteiger partial charge in [0.1, 0.15) is 0 Å². The Morgan fingerprint density at radius 1 is 1.30 bits per heavy atom. The second kappa shape index (κ2) is 6.91. The van der Waals surface area contributed by atoms with Crippen LogP contribution in [0.15, 0.2) is 24.3 Å². The van der Waals surface area contributed by atoms with Crippen molar-refractivity contribution in [1.29, 1.82) is 0 Å². The van der Waals surface area contributed by atoms with Crippen molar-refractivity contribution in [2.24, 2.45) is 0 Å². The number of carbonyl (C=O) groups excluding carboxylic acids is 1. The topological polar surface area (TPSA) is 29.5 Å². The van der Waals surface area contributed by atoms with Gasteiger partial charge in [-0.2, -0.15) is 13.2 Å². The molecule has 0 N–H and O–H groups in total. The van der Waals surface area contributed by atoms with E-state index in [-0.39, 0.29) is 17.9 Å². The molecule has 1 aromatic rings. The lowest BCUT2D eigenvalue weighted by Crippen LogP contribution is -2.35. The summed E-state index contributed by atoms with van der Waals surface area (Å²) in [5.41, 5.74) is -0.556. The molecule has 2 rings (SSSR count). The molecule has 1 aromatic carbocycles. The zero-order valence-electron chi connectivity index (χ0n) is 13.4. The molecule has 0 aliphatic carbocycles. The third kappa shape index (κ3) is 4.70. The van der Waals surface area contributed by atoms with Crippen LogP contribution in [0.3, 0.4) is 0 Å². The summed E-state index contributed by atoms with van der Waals surface area (Å²) in [6, 6.07) is 4.97. The lowest BCUT2D eigenvalue weighted by molar-refractivity contribution is -0.138. The van der Waals surface area contributed by atoms with E-state index in [0.717, 1.165) is 31.4 Å². The molecule has 1 fully saturated rings. The third-order valence-electron chi connectivity index (χ3n) is 4.50. The van der Waals surface area contributed by atoms with Crippen LogP contribution < -0.4 is 0 Å². The number of likely N-dealkylation sites (tertiary alicyclic amines) is 1. The number of methoxy groups -OCH3 is 1. The van der Waals surface area contributed by atoms with Crippen LogP contribution in [0.2, 0.25) is 0 Å². The molecule has 0 unspecified atom stereocenters. The van der Waals surface area contributed by atoms with E-state index in [1.807, 2.05) is 6.92 Å². The monoisotopic (exact) mass is 329 g/mol. The van der Waals surface area contributed by atoms with Crippen LogP contribution in [0.25, 0.3) is 0 Å². The van der Waals surface area contributed by atoms with Gasteiger partial charge in [-0.15, -0.1) is 0 Å². The van der Waals surface area contributed by atoms with E-state index < -0.39 is 11.7 Å². The van der Waals surface area contributed by atoms with Crippen molar-refractivity contribution in [2.75, 3.05) is 20.2 Å². The summed E-state index contributed by atoms with van der Waals surface area (Å²) in [6.45, 7) is 3.21. The number of alkyl halides is 3. The Hall–Kier alpha value is -1.56. The van der Waals surface area contributed by atoms with Gasteiger partial charge in [0.15, 0.2) is 0 Å². The molecular formula is C17H22F3NO2. The summed E-state index contributed by atoms with van der Waals surface area (Å²) in [7, 11) is 1.67. The third-order valence-corrected chi connectivity index (χ3v) is 4.50. The molecule has 0 saturated carbocycles. The van der Waals surface area contributed by atoms with Gasteiger partial charge in [0, 0.05) is 20.2 Å². The first kappa shape index (κ1) is 17.8. The number of ether oxygens (including phenoxy) is 1. The summed E-state index contributed by atoms with van der Waals surface area (Å²) in [4.78, 5) is 14.1. The van der Waals surface area contributed by atoms with E-state index in [0.29, 0.717) is 18.7 Å². The molecule has 128 valence electrons. The molecule has 0 radical (unpaired) electrons. The molecule has 6 heteroatoms. The summed E-state index contributed by atoms with van der Waals surface area (Å²) in [5, 5.41) is 0. The quantitative estimate of drug-likeness (QED) is 0.847. The first-order valence-electron chi connectivity index (χ1n) is 7.73. The zero-order valence-corrected chi connectivity index (χ0v) is 13.4. The minimum absolute atomic E-state index is 0.00633. The Morgan fingerprint density at radius 2 is 2.04 bits per heavy atom. The number of benzene rings is 1. The average Bonchev–Trinajstić information content (AvgIpc) is 2.69. The second-order valence-electron chi connectivity index (χ2n) is 6.26. The number of amides is 1. The zero-order chi connectivity index (χ0) is 17.1. The molecule has 1 aliphatic heterocycles. The molecule has 1 aliphatic rings. The molecule has 1 saturated heterocycles. The van der Waals surface area contributed by atoms with Gasteiger partial charge >= 0.3 is 6.18 Å². The van der Waals surface area contributed by atoms with Gasteiger partial charge in [-0.1, -0.05) is 18.2 Å². The average molecular weight is 329 g/mol. The minimum Gasteiger partial charge on any atom is -0.378 e. The highest BCUT2D eigenvalue weighted by Gasteiger charge is 2.31. The fourth-order valence-corrected chi connectivity index (χ4v) is 2.85. The lowest BCUT2D eigenvalue weighted by Gasteiger charge is -2.26. The molecule has 23 heavy (non-hydrogen) atoms. The van der Waals surface area contributed by atoms with E-state index in [2.05, 4.69) is 0 Å². The Balaban J connectivity index is 2.02. The fourth-order valence-electron chi connectivity index (χ4n) is 2.85. The molecule has 1 amide bonds. The first-order valence-corrected chi connectivity index (χ1v) is 7.73. The summed E-state index contributed by atoms with van der Waals surface area (Å²) >= 11 is 0.